The summed E-state index contributed by atoms with van der Waals surface area (Å²) in [5.74, 6) is -1.22. The topological polar surface area (TPSA) is 96.8 Å². The molecule has 0 bridgehead atoms. The molecular weight excluding hydrogens is 568 g/mol. The van der Waals surface area contributed by atoms with Crippen molar-refractivity contribution in [2.24, 2.45) is 0 Å². The fourth-order valence-corrected chi connectivity index (χ4v) is 3.62. The van der Waals surface area contributed by atoms with Gasteiger partial charge in [-0.15, -0.1) is 0 Å². The van der Waals surface area contributed by atoms with Crippen molar-refractivity contribution in [2.75, 3.05) is 32.1 Å². The van der Waals surface area contributed by atoms with Gasteiger partial charge < -0.3 is 24.8 Å². The highest BCUT2D eigenvalue weighted by molar-refractivity contribution is 6.32. The molecule has 0 aliphatic heterocycles. The van der Waals surface area contributed by atoms with Crippen LogP contribution in [0.25, 0.3) is 10.9 Å². The van der Waals surface area contributed by atoms with Gasteiger partial charge in [0.1, 0.15) is 42.7 Å². The van der Waals surface area contributed by atoms with Gasteiger partial charge in [0, 0.05) is 12.2 Å². The monoisotopic (exact) mass is 594 g/mol. The summed E-state index contributed by atoms with van der Waals surface area (Å²) in [6.07, 6.45) is -3.57. The van der Waals surface area contributed by atoms with E-state index in [0.29, 0.717) is 28.9 Å². The summed E-state index contributed by atoms with van der Waals surface area (Å²) in [7, 11) is 2.05. The number of carbonyl (C=O) groups is 1. The van der Waals surface area contributed by atoms with Crippen LogP contribution in [0.3, 0.4) is 0 Å². The van der Waals surface area contributed by atoms with Crippen LogP contribution in [0.5, 0.6) is 11.5 Å². The molecule has 3 aromatic carbocycles. The van der Waals surface area contributed by atoms with E-state index in [1.54, 1.807) is 24.3 Å². The molecule has 0 aliphatic rings. The van der Waals surface area contributed by atoms with E-state index >= 15 is 0 Å². The van der Waals surface area contributed by atoms with Crippen LogP contribution in [0.4, 0.5) is 29.1 Å². The summed E-state index contributed by atoms with van der Waals surface area (Å²) in [4.78, 5) is 19.9. The molecule has 2 N–H and O–H groups in total. The predicted molar refractivity (Wildman–Crippen MR) is 147 cm³/mol. The van der Waals surface area contributed by atoms with Gasteiger partial charge in [-0.05, 0) is 61.6 Å². The Kier molecular flexibility index (Phi) is 11.1. The number of carboxylic acid groups (broad SMARTS) is 1. The number of halogens is 5. The van der Waals surface area contributed by atoms with Gasteiger partial charge in [0.2, 0.25) is 0 Å². The second kappa shape index (κ2) is 14.5. The molecule has 1 heterocycles. The Morgan fingerprint density at radius 2 is 1.78 bits per heavy atom. The van der Waals surface area contributed by atoms with Crippen molar-refractivity contribution in [1.82, 2.24) is 14.9 Å². The van der Waals surface area contributed by atoms with Gasteiger partial charge in [-0.1, -0.05) is 36.7 Å². The van der Waals surface area contributed by atoms with Crippen LogP contribution in [-0.2, 0) is 11.4 Å². The molecule has 0 saturated carbocycles. The van der Waals surface area contributed by atoms with Crippen LogP contribution < -0.4 is 14.8 Å². The largest absolute Gasteiger partial charge is 0.491 e. The molecule has 13 heteroatoms. The predicted octanol–water partition coefficient (Wildman–Crippen LogP) is 6.71. The summed E-state index contributed by atoms with van der Waals surface area (Å²) >= 11 is 6.45. The Hall–Kier alpha value is -4.16. The molecule has 0 amide bonds. The lowest BCUT2D eigenvalue weighted by Gasteiger charge is -2.16. The number of hydrogen-bond acceptors (Lipinski definition) is 7. The van der Waals surface area contributed by atoms with Crippen molar-refractivity contribution in [2.45, 2.75) is 19.7 Å². The minimum atomic E-state index is -5.08. The van der Waals surface area contributed by atoms with Crippen molar-refractivity contribution in [1.29, 1.82) is 0 Å². The number of nitrogens with zero attached hydrogens (tertiary/aromatic N) is 3. The number of likely N-dealkylation sites (N-methyl/N-ethyl adjacent to an activating group) is 1. The molecule has 0 aliphatic carbocycles. The highest BCUT2D eigenvalue weighted by atomic mass is 35.5. The number of rotatable bonds is 10. The van der Waals surface area contributed by atoms with Gasteiger partial charge >= 0.3 is 12.1 Å². The minimum absolute atomic E-state index is 0.217. The van der Waals surface area contributed by atoms with E-state index in [2.05, 4.69) is 34.2 Å². The highest BCUT2D eigenvalue weighted by Gasteiger charge is 2.38. The van der Waals surface area contributed by atoms with E-state index in [1.165, 1.54) is 18.5 Å². The van der Waals surface area contributed by atoms with Crippen molar-refractivity contribution in [3.63, 3.8) is 0 Å². The van der Waals surface area contributed by atoms with Crippen LogP contribution in [0.2, 0.25) is 5.02 Å². The van der Waals surface area contributed by atoms with Crippen molar-refractivity contribution >= 4 is 40.0 Å². The summed E-state index contributed by atoms with van der Waals surface area (Å²) in [5, 5.41) is 11.7. The first-order valence-corrected chi connectivity index (χ1v) is 12.6. The molecule has 1 aromatic heterocycles. The summed E-state index contributed by atoms with van der Waals surface area (Å²) < 4.78 is 56.9. The first-order valence-electron chi connectivity index (χ1n) is 12.3. The maximum absolute atomic E-state index is 13.4. The van der Waals surface area contributed by atoms with Crippen molar-refractivity contribution in [3.8, 4) is 11.5 Å². The average molecular weight is 595 g/mol. The number of ether oxygens (including phenoxy) is 2. The zero-order valence-corrected chi connectivity index (χ0v) is 22.8. The molecule has 4 rings (SSSR count). The third kappa shape index (κ3) is 9.47. The highest BCUT2D eigenvalue weighted by Crippen LogP contribution is 2.34. The van der Waals surface area contributed by atoms with Crippen molar-refractivity contribution < 1.29 is 36.9 Å². The van der Waals surface area contributed by atoms with Gasteiger partial charge in [0.05, 0.1) is 15.9 Å². The Morgan fingerprint density at radius 1 is 1.05 bits per heavy atom. The van der Waals surface area contributed by atoms with E-state index in [-0.39, 0.29) is 12.4 Å². The average Bonchev–Trinajstić information content (AvgIpc) is 2.92. The second-order valence-corrected chi connectivity index (χ2v) is 9.02. The quantitative estimate of drug-likeness (QED) is 0.196. The Labute approximate surface area is 238 Å². The molecule has 41 heavy (non-hydrogen) atoms. The third-order valence-corrected chi connectivity index (χ3v) is 5.91. The molecule has 0 radical (unpaired) electrons. The van der Waals surface area contributed by atoms with Crippen molar-refractivity contribution in [3.05, 3.63) is 83.4 Å². The molecular formula is C28H27ClF4N4O4. The number of hydrogen-bond donors (Lipinski definition) is 2. The van der Waals surface area contributed by atoms with E-state index in [9.17, 15) is 17.6 Å². The maximum atomic E-state index is 13.4. The van der Waals surface area contributed by atoms with E-state index in [4.69, 9.17) is 31.0 Å². The number of fused-ring (bicyclic) bond motifs is 1. The molecule has 8 nitrogen and oxygen atoms in total. The summed E-state index contributed by atoms with van der Waals surface area (Å²) in [6.45, 7) is 4.65. The van der Waals surface area contributed by atoms with Gasteiger partial charge in [0.15, 0.2) is 0 Å². The molecule has 0 spiro atoms. The van der Waals surface area contributed by atoms with E-state index < -0.39 is 12.1 Å². The van der Waals surface area contributed by atoms with Gasteiger partial charge in [-0.2, -0.15) is 13.2 Å². The van der Waals surface area contributed by atoms with Crippen LogP contribution >= 0.6 is 11.6 Å². The zero-order chi connectivity index (χ0) is 30.0. The number of anilines is 2. The van der Waals surface area contributed by atoms with Crippen LogP contribution in [0, 0.1) is 5.82 Å². The second-order valence-electron chi connectivity index (χ2n) is 8.61. The van der Waals surface area contributed by atoms with Crippen LogP contribution in [0.1, 0.15) is 12.5 Å². The number of nitrogens with one attached hydrogen (secondary N) is 1. The fourth-order valence-electron chi connectivity index (χ4n) is 3.38. The molecule has 0 fully saturated rings. The lowest BCUT2D eigenvalue weighted by atomic mass is 10.2. The molecule has 4 aromatic rings. The first-order chi connectivity index (χ1) is 19.5. The normalized spacial score (nSPS) is 11.1. The van der Waals surface area contributed by atoms with E-state index in [0.717, 1.165) is 35.2 Å². The summed E-state index contributed by atoms with van der Waals surface area (Å²) in [5.41, 5.74) is 2.24. The minimum Gasteiger partial charge on any atom is -0.491 e. The SMILES string of the molecule is CCN(C)CCOc1cccc2ncnc(Nc3ccc(OCc4cccc(F)c4)c(Cl)c3)c12.O=C(O)C(F)(F)F. The van der Waals surface area contributed by atoms with Gasteiger partial charge in [0.25, 0.3) is 0 Å². The number of alkyl halides is 3. The Balaban J connectivity index is 0.000000587. The number of aromatic nitrogens is 2. The molecule has 0 atom stereocenters. The van der Waals surface area contributed by atoms with E-state index in [1.807, 2.05) is 24.3 Å². The Bertz CT molecular complexity index is 1470. The van der Waals surface area contributed by atoms with Gasteiger partial charge in [-0.3, -0.25) is 0 Å². The number of carboxylic acids is 1. The lowest BCUT2D eigenvalue weighted by molar-refractivity contribution is -0.192. The molecule has 0 saturated heterocycles. The lowest BCUT2D eigenvalue weighted by Crippen LogP contribution is -2.23. The standard InChI is InChI=1S/C26H26ClFN4O2.C2HF3O2/c1-3-32(2)12-13-33-24-9-5-8-22-25(24)26(30-17-29-22)31-20-10-11-23(21(27)15-20)34-16-18-6-4-7-19(28)14-18;3-2(4,5)1(6)7/h4-11,14-15,17H,3,12-13,16H2,1-2H3,(H,29,30,31);(H,6,7). The maximum Gasteiger partial charge on any atom is 0.490 e. The Morgan fingerprint density at radius 3 is 2.44 bits per heavy atom. The third-order valence-electron chi connectivity index (χ3n) is 5.62. The number of aliphatic carboxylic acids is 1. The first kappa shape index (κ1) is 31.4. The summed E-state index contributed by atoms with van der Waals surface area (Å²) in [6, 6.07) is 17.4. The molecule has 218 valence electrons. The van der Waals surface area contributed by atoms with Crippen LogP contribution in [0.15, 0.2) is 67.0 Å². The fraction of sp³-hybridized carbons (Fsp3) is 0.250. The smallest absolute Gasteiger partial charge is 0.490 e. The zero-order valence-electron chi connectivity index (χ0n) is 22.1. The van der Waals surface area contributed by atoms with Crippen LogP contribution in [-0.4, -0.2) is 58.9 Å². The molecule has 0 unspecified atom stereocenters. The van der Waals surface area contributed by atoms with Gasteiger partial charge in [-0.25, -0.2) is 19.2 Å². The number of benzene rings is 3.